The molecule has 6 nitrogen and oxygen atoms in total. The van der Waals surface area contributed by atoms with Crippen molar-refractivity contribution in [3.8, 4) is 0 Å². The second-order valence-electron chi connectivity index (χ2n) is 20.6. The van der Waals surface area contributed by atoms with Crippen molar-refractivity contribution in [3.05, 3.63) is 24.3 Å². The molecule has 0 aromatic rings. The lowest BCUT2D eigenvalue weighted by Crippen LogP contribution is -2.30. The summed E-state index contributed by atoms with van der Waals surface area (Å²) in [6, 6.07) is 0. The van der Waals surface area contributed by atoms with Gasteiger partial charge in [-0.05, 0) is 51.4 Å². The van der Waals surface area contributed by atoms with E-state index in [0.717, 1.165) is 64.2 Å². The number of carbonyl (C=O) groups excluding carboxylic acids is 3. The van der Waals surface area contributed by atoms with Crippen LogP contribution in [0.5, 0.6) is 0 Å². The van der Waals surface area contributed by atoms with Crippen LogP contribution in [-0.2, 0) is 28.6 Å². The van der Waals surface area contributed by atoms with Crippen LogP contribution in [0.1, 0.15) is 335 Å². The van der Waals surface area contributed by atoms with Crippen LogP contribution in [-0.4, -0.2) is 37.2 Å². The van der Waals surface area contributed by atoms with Crippen LogP contribution in [0.4, 0.5) is 0 Å². The van der Waals surface area contributed by atoms with Gasteiger partial charge in [0, 0.05) is 19.3 Å². The number of hydrogen-bond acceptors (Lipinski definition) is 6. The Hall–Kier alpha value is -2.11. The molecule has 0 amide bonds. The molecule has 6 heteroatoms. The monoisotopic (exact) mass is 957 g/mol. The Balaban J connectivity index is 4.09. The normalized spacial score (nSPS) is 12.1. The van der Waals surface area contributed by atoms with Gasteiger partial charge >= 0.3 is 17.9 Å². The smallest absolute Gasteiger partial charge is 0.306 e. The highest BCUT2D eigenvalue weighted by molar-refractivity contribution is 5.71. The summed E-state index contributed by atoms with van der Waals surface area (Å²) in [5.74, 6) is -0.852. The van der Waals surface area contributed by atoms with Crippen LogP contribution in [0.3, 0.4) is 0 Å². The highest BCUT2D eigenvalue weighted by atomic mass is 16.6. The molecule has 0 saturated carbocycles. The van der Waals surface area contributed by atoms with Crippen molar-refractivity contribution in [1.29, 1.82) is 0 Å². The molecule has 0 radical (unpaired) electrons. The zero-order chi connectivity index (χ0) is 49.3. The summed E-state index contributed by atoms with van der Waals surface area (Å²) in [4.78, 5) is 38.0. The van der Waals surface area contributed by atoms with Gasteiger partial charge in [0.15, 0.2) is 6.10 Å². The fraction of sp³-hybridized carbons (Fsp3) is 0.887. The van der Waals surface area contributed by atoms with Crippen LogP contribution < -0.4 is 0 Å². The maximum absolute atomic E-state index is 12.8. The third-order valence-corrected chi connectivity index (χ3v) is 13.7. The number of hydrogen-bond donors (Lipinski definition) is 0. The van der Waals surface area contributed by atoms with Crippen LogP contribution in [0.25, 0.3) is 0 Å². The molecule has 0 rings (SSSR count). The fourth-order valence-corrected chi connectivity index (χ4v) is 9.12. The minimum atomic E-state index is -0.764. The van der Waals surface area contributed by atoms with E-state index in [-0.39, 0.29) is 31.1 Å². The predicted molar refractivity (Wildman–Crippen MR) is 293 cm³/mol. The van der Waals surface area contributed by atoms with Gasteiger partial charge in [0.05, 0.1) is 0 Å². The van der Waals surface area contributed by atoms with E-state index in [2.05, 4.69) is 45.1 Å². The van der Waals surface area contributed by atoms with Crippen molar-refractivity contribution in [2.24, 2.45) is 0 Å². The number of esters is 3. The molecular weight excluding hydrogens is 841 g/mol. The van der Waals surface area contributed by atoms with Gasteiger partial charge in [0.25, 0.3) is 0 Å². The fourth-order valence-electron chi connectivity index (χ4n) is 9.12. The van der Waals surface area contributed by atoms with E-state index in [0.29, 0.717) is 19.3 Å². The second-order valence-corrected chi connectivity index (χ2v) is 20.6. The lowest BCUT2D eigenvalue weighted by molar-refractivity contribution is -0.167. The second kappa shape index (κ2) is 57.5. The maximum Gasteiger partial charge on any atom is 0.306 e. The first-order valence-corrected chi connectivity index (χ1v) is 30.3. The molecule has 0 bridgehead atoms. The summed E-state index contributed by atoms with van der Waals surface area (Å²) in [5.41, 5.74) is 0. The van der Waals surface area contributed by atoms with Crippen molar-refractivity contribution >= 4 is 17.9 Å². The summed E-state index contributed by atoms with van der Waals surface area (Å²) in [6.07, 6.45) is 67.7. The minimum Gasteiger partial charge on any atom is -0.462 e. The largest absolute Gasteiger partial charge is 0.462 e. The minimum absolute atomic E-state index is 0.0663. The van der Waals surface area contributed by atoms with E-state index in [4.69, 9.17) is 14.2 Å². The lowest BCUT2D eigenvalue weighted by atomic mass is 10.0. The first-order chi connectivity index (χ1) is 33.5. The van der Waals surface area contributed by atoms with Gasteiger partial charge in [0.1, 0.15) is 13.2 Å². The average Bonchev–Trinajstić information content (AvgIpc) is 3.34. The first kappa shape index (κ1) is 65.9. The quantitative estimate of drug-likeness (QED) is 0.0262. The summed E-state index contributed by atoms with van der Waals surface area (Å²) < 4.78 is 16.8. The molecule has 0 fully saturated rings. The molecule has 0 aliphatic heterocycles. The van der Waals surface area contributed by atoms with Crippen LogP contribution in [0.2, 0.25) is 0 Å². The number of rotatable bonds is 56. The van der Waals surface area contributed by atoms with Gasteiger partial charge in [-0.15, -0.1) is 0 Å². The van der Waals surface area contributed by atoms with Gasteiger partial charge in [-0.3, -0.25) is 14.4 Å². The number of ether oxygens (including phenoxy) is 3. The SMILES string of the molecule is CCCCCCC/C=C\C/C=C\CCCCCCCCCCCCCCCC(=O)OCC(COC(=O)CCCCCCCCC)OC(=O)CCCCCCCCCCCCCCCCCCCC. The Morgan fingerprint density at radius 3 is 0.809 bits per heavy atom. The lowest BCUT2D eigenvalue weighted by Gasteiger charge is -2.18. The van der Waals surface area contributed by atoms with Gasteiger partial charge in [-0.2, -0.15) is 0 Å². The van der Waals surface area contributed by atoms with Crippen LogP contribution >= 0.6 is 0 Å². The summed E-state index contributed by atoms with van der Waals surface area (Å²) >= 11 is 0. The van der Waals surface area contributed by atoms with Crippen molar-refractivity contribution in [1.82, 2.24) is 0 Å². The standard InChI is InChI=1S/C62H116O6/c1-4-7-10-13-16-18-20-22-24-26-28-29-30-31-32-33-34-36-37-39-41-43-46-49-52-55-61(64)67-58-59(57-66-60(63)54-51-48-45-15-12-9-6-3)68-62(65)56-53-50-47-44-42-40-38-35-27-25-23-21-19-17-14-11-8-5-2/h20,22,26,28,59H,4-19,21,23-25,27,29-58H2,1-3H3/b22-20-,28-26-. The van der Waals surface area contributed by atoms with Crippen molar-refractivity contribution in [3.63, 3.8) is 0 Å². The zero-order valence-corrected chi connectivity index (χ0v) is 45.9. The predicted octanol–water partition coefficient (Wildman–Crippen LogP) is 20.3. The van der Waals surface area contributed by atoms with E-state index in [1.807, 2.05) is 0 Å². The van der Waals surface area contributed by atoms with Crippen LogP contribution in [0.15, 0.2) is 24.3 Å². The highest BCUT2D eigenvalue weighted by Crippen LogP contribution is 2.17. The molecular formula is C62H116O6. The Bertz CT molecular complexity index is 1100. The average molecular weight is 958 g/mol. The van der Waals surface area contributed by atoms with Gasteiger partial charge in [0.2, 0.25) is 0 Å². The molecule has 0 aliphatic carbocycles. The molecule has 400 valence electrons. The molecule has 0 saturated heterocycles. The summed E-state index contributed by atoms with van der Waals surface area (Å²) in [6.45, 7) is 6.64. The molecule has 68 heavy (non-hydrogen) atoms. The van der Waals surface area contributed by atoms with E-state index in [9.17, 15) is 14.4 Å². The van der Waals surface area contributed by atoms with Crippen molar-refractivity contribution in [2.45, 2.75) is 341 Å². The van der Waals surface area contributed by atoms with Gasteiger partial charge in [-0.25, -0.2) is 0 Å². The van der Waals surface area contributed by atoms with Crippen molar-refractivity contribution in [2.75, 3.05) is 13.2 Å². The third-order valence-electron chi connectivity index (χ3n) is 13.7. The summed E-state index contributed by atoms with van der Waals surface area (Å²) in [5, 5.41) is 0. The number of allylic oxidation sites excluding steroid dienone is 4. The van der Waals surface area contributed by atoms with Crippen molar-refractivity contribution < 1.29 is 28.6 Å². The van der Waals surface area contributed by atoms with Gasteiger partial charge < -0.3 is 14.2 Å². The Kier molecular flexibility index (Phi) is 55.7. The van der Waals surface area contributed by atoms with Crippen LogP contribution in [0, 0.1) is 0 Å². The highest BCUT2D eigenvalue weighted by Gasteiger charge is 2.19. The van der Waals surface area contributed by atoms with E-state index in [1.54, 1.807) is 0 Å². The molecule has 0 heterocycles. The molecule has 0 aliphatic rings. The molecule has 0 N–H and O–H groups in total. The van der Waals surface area contributed by atoms with E-state index in [1.165, 1.54) is 231 Å². The molecule has 0 aromatic heterocycles. The Morgan fingerprint density at radius 2 is 0.529 bits per heavy atom. The number of unbranched alkanes of at least 4 members (excludes halogenated alkanes) is 41. The Labute approximate surface area is 423 Å². The summed E-state index contributed by atoms with van der Waals surface area (Å²) in [7, 11) is 0. The topological polar surface area (TPSA) is 78.9 Å². The van der Waals surface area contributed by atoms with Gasteiger partial charge in [-0.1, -0.05) is 289 Å². The maximum atomic E-state index is 12.8. The first-order valence-electron chi connectivity index (χ1n) is 30.3. The molecule has 1 unspecified atom stereocenters. The molecule has 1 atom stereocenters. The Morgan fingerprint density at radius 1 is 0.294 bits per heavy atom. The zero-order valence-electron chi connectivity index (χ0n) is 45.9. The number of carbonyl (C=O) groups is 3. The van der Waals surface area contributed by atoms with E-state index >= 15 is 0 Å². The molecule has 0 aromatic carbocycles. The van der Waals surface area contributed by atoms with E-state index < -0.39 is 6.10 Å². The third kappa shape index (κ3) is 54.8. The molecule has 0 spiro atoms.